The van der Waals surface area contributed by atoms with Crippen LogP contribution >= 0.6 is 0 Å². The van der Waals surface area contributed by atoms with Crippen LogP contribution in [-0.2, 0) is 5.54 Å². The van der Waals surface area contributed by atoms with E-state index in [2.05, 4.69) is 60.7 Å². The number of azo groups is 1. The van der Waals surface area contributed by atoms with Gasteiger partial charge in [-0.05, 0) is 54.1 Å². The van der Waals surface area contributed by atoms with Crippen LogP contribution < -0.4 is 0 Å². The molecule has 2 bridgehead atoms. The van der Waals surface area contributed by atoms with Crippen molar-refractivity contribution in [3.05, 3.63) is 71.8 Å². The minimum atomic E-state index is -0.261. The van der Waals surface area contributed by atoms with Gasteiger partial charge in [-0.25, -0.2) is 0 Å². The molecule has 4 atom stereocenters. The van der Waals surface area contributed by atoms with E-state index in [-0.39, 0.29) is 5.54 Å². The van der Waals surface area contributed by atoms with Crippen LogP contribution in [0.3, 0.4) is 0 Å². The molecule has 2 nitrogen and oxygen atoms in total. The molecule has 3 fully saturated rings. The van der Waals surface area contributed by atoms with Crippen molar-refractivity contribution in [1.82, 2.24) is 0 Å². The van der Waals surface area contributed by atoms with Crippen molar-refractivity contribution in [2.75, 3.05) is 0 Å². The fraction of sp³-hybridized carbons (Fsp3) is 0.455. The van der Waals surface area contributed by atoms with Crippen molar-refractivity contribution in [3.63, 3.8) is 0 Å². The van der Waals surface area contributed by atoms with Gasteiger partial charge in [0.25, 0.3) is 0 Å². The Hall–Kier alpha value is -1.96. The molecule has 1 spiro atoms. The van der Waals surface area contributed by atoms with E-state index in [1.807, 2.05) is 0 Å². The summed E-state index contributed by atoms with van der Waals surface area (Å²) in [5.74, 6) is 2.14. The fourth-order valence-electron chi connectivity index (χ4n) is 6.39. The lowest BCUT2D eigenvalue weighted by molar-refractivity contribution is 0.178. The van der Waals surface area contributed by atoms with Gasteiger partial charge in [-0.1, -0.05) is 60.7 Å². The Morgan fingerprint density at radius 1 is 0.833 bits per heavy atom. The van der Waals surface area contributed by atoms with E-state index in [1.165, 1.54) is 36.8 Å². The predicted octanol–water partition coefficient (Wildman–Crippen LogP) is 5.20. The Morgan fingerprint density at radius 3 is 2.04 bits per heavy atom. The molecule has 2 heteroatoms. The number of rotatable bonds is 2. The molecular formula is C22H22N2. The average molecular weight is 314 g/mol. The van der Waals surface area contributed by atoms with Gasteiger partial charge in [-0.15, -0.1) is 0 Å². The van der Waals surface area contributed by atoms with Gasteiger partial charge < -0.3 is 0 Å². The Balaban J connectivity index is 1.54. The zero-order valence-electron chi connectivity index (χ0n) is 13.8. The summed E-state index contributed by atoms with van der Waals surface area (Å²) < 4.78 is 0. The number of nitrogens with zero attached hydrogens (tertiary/aromatic N) is 2. The summed E-state index contributed by atoms with van der Waals surface area (Å²) in [6.07, 6.45) is 5.69. The topological polar surface area (TPSA) is 24.7 Å². The summed E-state index contributed by atoms with van der Waals surface area (Å²) in [7, 11) is 0. The third kappa shape index (κ3) is 1.48. The van der Waals surface area contributed by atoms with E-state index in [9.17, 15) is 0 Å². The van der Waals surface area contributed by atoms with Crippen LogP contribution in [0.2, 0.25) is 0 Å². The normalized spacial score (nSPS) is 36.2. The smallest absolute Gasteiger partial charge is 0.136 e. The molecule has 0 saturated heterocycles. The minimum absolute atomic E-state index is 0.261. The molecule has 0 N–H and O–H groups in total. The van der Waals surface area contributed by atoms with E-state index in [0.29, 0.717) is 17.4 Å². The lowest BCUT2D eigenvalue weighted by Crippen LogP contribution is -2.42. The zero-order valence-corrected chi connectivity index (χ0v) is 13.8. The first-order valence-electron chi connectivity index (χ1n) is 9.37. The van der Waals surface area contributed by atoms with Gasteiger partial charge in [0.1, 0.15) is 5.54 Å². The van der Waals surface area contributed by atoms with Gasteiger partial charge in [-0.3, -0.25) is 0 Å². The Kier molecular flexibility index (Phi) is 2.42. The summed E-state index contributed by atoms with van der Waals surface area (Å²) in [4.78, 5) is 0. The summed E-state index contributed by atoms with van der Waals surface area (Å²) in [6.45, 7) is 0. The maximum absolute atomic E-state index is 5.05. The second-order valence-electron chi connectivity index (χ2n) is 8.40. The van der Waals surface area contributed by atoms with Crippen LogP contribution in [0.1, 0.15) is 36.8 Å². The maximum atomic E-state index is 5.05. The van der Waals surface area contributed by atoms with Gasteiger partial charge in [0.05, 0.1) is 6.04 Å². The van der Waals surface area contributed by atoms with E-state index in [4.69, 9.17) is 10.2 Å². The van der Waals surface area contributed by atoms with Crippen molar-refractivity contribution >= 4 is 0 Å². The molecule has 3 saturated carbocycles. The predicted molar refractivity (Wildman–Crippen MR) is 93.7 cm³/mol. The van der Waals surface area contributed by atoms with Crippen LogP contribution in [0.4, 0.5) is 0 Å². The summed E-state index contributed by atoms with van der Waals surface area (Å²) >= 11 is 0. The molecule has 6 rings (SSSR count). The molecule has 1 heterocycles. The lowest BCUT2D eigenvalue weighted by Gasteiger charge is -2.39. The van der Waals surface area contributed by atoms with Gasteiger partial charge in [0.15, 0.2) is 0 Å². The second-order valence-corrected chi connectivity index (χ2v) is 8.40. The zero-order chi connectivity index (χ0) is 15.8. The van der Waals surface area contributed by atoms with Gasteiger partial charge in [-0.2, -0.15) is 10.2 Å². The Labute approximate surface area is 143 Å². The molecule has 0 aromatic heterocycles. The molecule has 0 unspecified atom stereocenters. The minimum Gasteiger partial charge on any atom is -0.189 e. The van der Waals surface area contributed by atoms with Crippen LogP contribution in [0.15, 0.2) is 70.9 Å². The lowest BCUT2D eigenvalue weighted by atomic mass is 9.64. The number of hydrogen-bond donors (Lipinski definition) is 0. The summed E-state index contributed by atoms with van der Waals surface area (Å²) in [5.41, 5.74) is 3.05. The van der Waals surface area contributed by atoms with Crippen molar-refractivity contribution in [2.24, 2.45) is 33.4 Å². The monoisotopic (exact) mass is 314 g/mol. The molecule has 120 valence electrons. The van der Waals surface area contributed by atoms with E-state index in [0.717, 1.165) is 11.8 Å². The number of benzene rings is 2. The first-order valence-corrected chi connectivity index (χ1v) is 9.37. The quantitative estimate of drug-likeness (QED) is 0.728. The van der Waals surface area contributed by atoms with Gasteiger partial charge >= 0.3 is 0 Å². The molecule has 4 aliphatic rings. The van der Waals surface area contributed by atoms with Crippen LogP contribution in [0.25, 0.3) is 0 Å². The second kappa shape index (κ2) is 4.36. The first-order chi connectivity index (χ1) is 11.8. The molecule has 1 aliphatic heterocycles. The Morgan fingerprint density at radius 2 is 1.46 bits per heavy atom. The summed E-state index contributed by atoms with van der Waals surface area (Å²) in [6, 6.07) is 22.3. The van der Waals surface area contributed by atoms with Crippen molar-refractivity contribution in [1.29, 1.82) is 0 Å². The third-order valence-corrected chi connectivity index (χ3v) is 7.45. The molecule has 0 amide bonds. The fourth-order valence-corrected chi connectivity index (χ4v) is 6.39. The molecule has 3 aliphatic carbocycles. The van der Waals surface area contributed by atoms with Crippen LogP contribution in [0, 0.1) is 23.2 Å². The highest BCUT2D eigenvalue weighted by atomic mass is 15.2. The third-order valence-electron chi connectivity index (χ3n) is 7.45. The van der Waals surface area contributed by atoms with Crippen molar-refractivity contribution in [2.45, 2.75) is 37.3 Å². The maximum Gasteiger partial charge on any atom is 0.136 e. The Bertz CT molecular complexity index is 767. The largest absolute Gasteiger partial charge is 0.189 e. The molecular weight excluding hydrogens is 292 g/mol. The highest BCUT2D eigenvalue weighted by Gasteiger charge is 2.71. The summed E-state index contributed by atoms with van der Waals surface area (Å²) in [5, 5.41) is 10.00. The van der Waals surface area contributed by atoms with Crippen molar-refractivity contribution < 1.29 is 0 Å². The van der Waals surface area contributed by atoms with Crippen LogP contribution in [-0.4, -0.2) is 6.04 Å². The first kappa shape index (κ1) is 13.3. The SMILES string of the molecule is c1ccc(C2(c3ccccc3)N=N[C@@H]3[C@H]2[C@@H]2C[C@H]3C3(CC3)C2)cc1. The number of hydrogen-bond acceptors (Lipinski definition) is 2. The molecule has 24 heavy (non-hydrogen) atoms. The molecule has 2 aromatic rings. The van der Waals surface area contributed by atoms with Gasteiger partial charge in [0, 0.05) is 5.92 Å². The van der Waals surface area contributed by atoms with Crippen molar-refractivity contribution in [3.8, 4) is 0 Å². The standard InChI is InChI=1S/C22H22N2/c1-3-7-16(8-4-1)22(17-9-5-2-6-10-17)19-15-13-18(20(19)23-24-22)21(14-15)11-12-21/h1-10,15,18-20H,11-14H2/t15-,18-,19-,20+/m1/s1. The highest BCUT2D eigenvalue weighted by molar-refractivity contribution is 5.43. The molecule has 2 aromatic carbocycles. The van der Waals surface area contributed by atoms with Gasteiger partial charge in [0.2, 0.25) is 0 Å². The molecule has 0 radical (unpaired) electrons. The number of fused-ring (bicyclic) bond motifs is 6. The highest BCUT2D eigenvalue weighted by Crippen LogP contribution is 2.74. The van der Waals surface area contributed by atoms with E-state index in [1.54, 1.807) is 0 Å². The van der Waals surface area contributed by atoms with E-state index < -0.39 is 0 Å². The van der Waals surface area contributed by atoms with E-state index >= 15 is 0 Å². The van der Waals surface area contributed by atoms with Crippen LogP contribution in [0.5, 0.6) is 0 Å². The average Bonchev–Trinajstić information content (AvgIpc) is 3.01.